The molecule has 0 unspecified atom stereocenters. The molecule has 9 rings (SSSR count). The van der Waals surface area contributed by atoms with E-state index in [0.717, 1.165) is 0 Å². The zero-order chi connectivity index (χ0) is 53.8. The van der Waals surface area contributed by atoms with Gasteiger partial charge in [0.25, 0.3) is 0 Å². The van der Waals surface area contributed by atoms with Crippen molar-refractivity contribution < 1.29 is 38.4 Å². The number of carbonyl (C=O) groups excluding carboxylic acids is 8. The molecule has 0 bridgehead atoms. The van der Waals surface area contributed by atoms with Crippen LogP contribution in [0.5, 0.6) is 0 Å². The number of hydrogen-bond donors (Lipinski definition) is 0. The summed E-state index contributed by atoms with van der Waals surface area (Å²) in [6.07, 6.45) is 0. The second-order valence-corrected chi connectivity index (χ2v) is 56.5. The fraction of sp³-hybridized carbons (Fsp3) is 0.0667. The fourth-order valence-electron chi connectivity index (χ4n) is 11.0. The van der Waals surface area contributed by atoms with Crippen molar-refractivity contribution in [2.75, 3.05) is 28.2 Å². The van der Waals surface area contributed by atoms with Crippen molar-refractivity contribution in [1.29, 1.82) is 0 Å². The molecule has 16 heteroatoms. The molecule has 1 saturated heterocycles. The first-order valence-corrected chi connectivity index (χ1v) is 40.4. The third-order valence-corrected chi connectivity index (χ3v) is 74.7. The molecular formula is C60H52Ge4N4O8. The molecule has 1 heterocycles. The van der Waals surface area contributed by atoms with E-state index < -0.39 is 91.8 Å². The van der Waals surface area contributed by atoms with Gasteiger partial charge in [0.2, 0.25) is 0 Å². The van der Waals surface area contributed by atoms with Crippen molar-refractivity contribution in [3.05, 3.63) is 287 Å². The predicted molar refractivity (Wildman–Crippen MR) is 300 cm³/mol. The summed E-state index contributed by atoms with van der Waals surface area (Å²) in [6, 6.07) is 64.4. The van der Waals surface area contributed by atoms with E-state index in [2.05, 4.69) is 0 Å². The van der Waals surface area contributed by atoms with Crippen LogP contribution in [0.4, 0.5) is 0 Å². The van der Waals surface area contributed by atoms with E-state index in [1.807, 2.05) is 0 Å². The standard InChI is InChI=1S/C60H52Ge4N4O8/c1-65-61(53(69)45-29-13-5-14-30-45,54(70)46-31-15-6-16-32-46)66(2)63(57(73)49-37-21-9-22-38-49,58(74)50-39-23-10-24-40-50)68(4)64(59(75)51-41-25-11-26-42-51,60(76)52-43-27-12-28-44-52)67(3)62(65,55(71)47-33-17-7-18-34-47)56(72)48-35-19-8-20-36-48/h5-44H,1-4H3. The maximum atomic E-state index is 17.2. The fourth-order valence-corrected chi connectivity index (χ4v) is 101. The first-order chi connectivity index (χ1) is 36.7. The second-order valence-electron chi connectivity index (χ2n) is 18.5. The summed E-state index contributed by atoms with van der Waals surface area (Å²) in [5, 5.41) is 0. The van der Waals surface area contributed by atoms with E-state index in [1.165, 1.54) is 39.4 Å². The molecule has 376 valence electrons. The Hall–Kier alpha value is -6.87. The molecule has 0 saturated carbocycles. The van der Waals surface area contributed by atoms with Crippen molar-refractivity contribution in [2.24, 2.45) is 0 Å². The summed E-state index contributed by atoms with van der Waals surface area (Å²) >= 11 is -26.6. The minimum atomic E-state index is -6.64. The molecule has 76 heavy (non-hydrogen) atoms. The molecule has 1 aliphatic rings. The molecule has 0 atom stereocenters. The van der Waals surface area contributed by atoms with Gasteiger partial charge in [-0.1, -0.05) is 0 Å². The second kappa shape index (κ2) is 22.4. The Balaban J connectivity index is 1.62. The van der Waals surface area contributed by atoms with Gasteiger partial charge in [-0.05, 0) is 0 Å². The monoisotopic (exact) mass is 1250 g/mol. The van der Waals surface area contributed by atoms with Crippen LogP contribution in [-0.2, 0) is 0 Å². The molecule has 8 aromatic carbocycles. The average molecular weight is 1250 g/mol. The minimum absolute atomic E-state index is 0.0242. The van der Waals surface area contributed by atoms with Gasteiger partial charge in [-0.25, -0.2) is 0 Å². The zero-order valence-corrected chi connectivity index (χ0v) is 50.5. The van der Waals surface area contributed by atoms with Gasteiger partial charge in [-0.15, -0.1) is 0 Å². The Bertz CT molecular complexity index is 2800. The van der Waals surface area contributed by atoms with Crippen LogP contribution in [0.1, 0.15) is 82.9 Å². The van der Waals surface area contributed by atoms with Crippen LogP contribution in [0.15, 0.2) is 243 Å². The predicted octanol–water partition coefficient (Wildman–Crippen LogP) is 8.87. The third kappa shape index (κ3) is 8.57. The average Bonchev–Trinajstić information content (AvgIpc) is 3.68. The van der Waals surface area contributed by atoms with Crippen molar-refractivity contribution in [3.63, 3.8) is 0 Å². The number of rotatable bonds is 16. The molecule has 1 aliphatic heterocycles. The topological polar surface area (TPSA) is 150 Å². The van der Waals surface area contributed by atoms with Crippen LogP contribution in [0.3, 0.4) is 0 Å². The first-order valence-electron chi connectivity index (χ1n) is 24.5. The maximum absolute atomic E-state index is 17.2. The molecule has 0 aliphatic carbocycles. The van der Waals surface area contributed by atoms with E-state index in [9.17, 15) is 0 Å². The number of benzene rings is 8. The van der Waals surface area contributed by atoms with Crippen LogP contribution in [-0.4, -0.2) is 131 Å². The van der Waals surface area contributed by atoms with Crippen molar-refractivity contribution >= 4 is 91.8 Å². The summed E-state index contributed by atoms with van der Waals surface area (Å²) in [4.78, 5) is 137. The summed E-state index contributed by atoms with van der Waals surface area (Å²) in [7, 11) is 5.78. The Labute approximate surface area is 453 Å². The number of hydrogen-bond acceptors (Lipinski definition) is 12. The van der Waals surface area contributed by atoms with E-state index in [-0.39, 0.29) is 44.5 Å². The van der Waals surface area contributed by atoms with Gasteiger partial charge >= 0.3 is 457 Å². The first kappa shape index (κ1) is 53.9. The summed E-state index contributed by atoms with van der Waals surface area (Å²) < 4.78 is -0.418. The van der Waals surface area contributed by atoms with Crippen LogP contribution >= 0.6 is 0 Å². The van der Waals surface area contributed by atoms with Crippen molar-refractivity contribution in [1.82, 2.24) is 11.3 Å². The van der Waals surface area contributed by atoms with Gasteiger partial charge in [0.05, 0.1) is 0 Å². The normalized spacial score (nSPS) is 16.3. The number of nitrogens with zero attached hydrogens (tertiary/aromatic N) is 4. The molecule has 0 amide bonds. The van der Waals surface area contributed by atoms with Gasteiger partial charge in [0.1, 0.15) is 0 Å². The Kier molecular flexibility index (Phi) is 15.9. The summed E-state index contributed by atoms with van der Waals surface area (Å²) in [5.74, 6) is 0. The molecule has 12 nitrogen and oxygen atoms in total. The van der Waals surface area contributed by atoms with E-state index in [1.54, 1.807) is 243 Å². The van der Waals surface area contributed by atoms with Gasteiger partial charge < -0.3 is 0 Å². The number of carbonyl (C=O) groups is 8. The summed E-state index contributed by atoms with van der Waals surface area (Å²) in [6.45, 7) is 0. The van der Waals surface area contributed by atoms with Crippen LogP contribution in [0, 0.1) is 0 Å². The van der Waals surface area contributed by atoms with Crippen LogP contribution in [0.2, 0.25) is 0 Å². The molecular weight excluding hydrogens is 1200 g/mol. The van der Waals surface area contributed by atoms with Crippen LogP contribution in [0.25, 0.3) is 0 Å². The van der Waals surface area contributed by atoms with E-state index >= 15 is 38.4 Å². The quantitative estimate of drug-likeness (QED) is 0.0851. The Morgan fingerprint density at radius 2 is 0.289 bits per heavy atom. The Morgan fingerprint density at radius 1 is 0.197 bits per heavy atom. The van der Waals surface area contributed by atoms with Crippen molar-refractivity contribution in [3.8, 4) is 0 Å². The molecule has 0 N–H and O–H groups in total. The van der Waals surface area contributed by atoms with Gasteiger partial charge in [0.15, 0.2) is 0 Å². The Morgan fingerprint density at radius 3 is 0.382 bits per heavy atom. The molecule has 1 fully saturated rings. The SMILES string of the molecule is C[N]1[Ge]([C](=O)c2ccccc2)([C](=O)c2ccccc2)[N](C)[Ge]([C](=O)c2ccccc2)([C](=O)c2ccccc2)[N](C)[Ge]([C](=O)c2ccccc2)([C](=O)c2ccccc2)[N](C)[Ge]1([C](=O)c1ccccc1)[C](=O)c1ccccc1. The molecule has 8 aromatic rings. The van der Waals surface area contributed by atoms with Gasteiger partial charge in [-0.3, -0.25) is 0 Å². The van der Waals surface area contributed by atoms with Crippen molar-refractivity contribution in [2.45, 2.75) is 0 Å². The molecule has 0 radical (unpaired) electrons. The van der Waals surface area contributed by atoms with E-state index in [0.29, 0.717) is 0 Å². The molecule has 0 spiro atoms. The van der Waals surface area contributed by atoms with Gasteiger partial charge in [0, 0.05) is 0 Å². The van der Waals surface area contributed by atoms with Gasteiger partial charge in [-0.2, -0.15) is 0 Å². The van der Waals surface area contributed by atoms with Crippen LogP contribution < -0.4 is 0 Å². The van der Waals surface area contributed by atoms with E-state index in [4.69, 9.17) is 0 Å². The zero-order valence-electron chi connectivity index (χ0n) is 42.1. The molecule has 0 aromatic heterocycles. The summed E-state index contributed by atoms with van der Waals surface area (Å²) in [5.41, 5.74) is 0.193. The third-order valence-electron chi connectivity index (χ3n) is 14.7.